The van der Waals surface area contributed by atoms with E-state index in [1.54, 1.807) is 11.7 Å². The van der Waals surface area contributed by atoms with Crippen molar-refractivity contribution in [3.05, 3.63) is 0 Å². The standard InChI is InChI=1S/C10H24NO3P/c1-5-8-11(4)15(12,13-9-6-2)14-10-7-3/h5-10H2,1-4H3. The normalized spacial score (nSPS) is 12.3. The van der Waals surface area contributed by atoms with Gasteiger partial charge in [-0.3, -0.25) is 9.05 Å². The molecule has 0 bridgehead atoms. The van der Waals surface area contributed by atoms with Gasteiger partial charge in [-0.1, -0.05) is 20.8 Å². The molecule has 0 aliphatic carbocycles. The van der Waals surface area contributed by atoms with Crippen LogP contribution >= 0.6 is 7.75 Å². The zero-order chi connectivity index (χ0) is 11.7. The Labute approximate surface area is 93.5 Å². The van der Waals surface area contributed by atoms with Crippen molar-refractivity contribution in [2.45, 2.75) is 40.0 Å². The summed E-state index contributed by atoms with van der Waals surface area (Å²) in [6, 6.07) is 0. The molecule has 0 N–H and O–H groups in total. The molecule has 0 aromatic carbocycles. The zero-order valence-corrected chi connectivity index (χ0v) is 11.3. The van der Waals surface area contributed by atoms with E-state index in [1.807, 2.05) is 20.8 Å². The van der Waals surface area contributed by atoms with Crippen LogP contribution < -0.4 is 0 Å². The molecule has 0 unspecified atom stereocenters. The fourth-order valence-corrected chi connectivity index (χ4v) is 2.83. The highest BCUT2D eigenvalue weighted by atomic mass is 31.2. The molecule has 0 aliphatic rings. The van der Waals surface area contributed by atoms with Crippen LogP contribution in [-0.2, 0) is 13.6 Å². The van der Waals surface area contributed by atoms with E-state index in [2.05, 4.69) is 0 Å². The van der Waals surface area contributed by atoms with Crippen LogP contribution in [0.2, 0.25) is 0 Å². The maximum absolute atomic E-state index is 12.3. The van der Waals surface area contributed by atoms with E-state index in [1.165, 1.54) is 0 Å². The van der Waals surface area contributed by atoms with E-state index in [-0.39, 0.29) is 0 Å². The third-order valence-electron chi connectivity index (χ3n) is 1.88. The predicted octanol–water partition coefficient (Wildman–Crippen LogP) is 3.29. The number of hydrogen-bond donors (Lipinski definition) is 0. The molecular weight excluding hydrogens is 213 g/mol. The van der Waals surface area contributed by atoms with E-state index in [0.29, 0.717) is 13.2 Å². The lowest BCUT2D eigenvalue weighted by molar-refractivity contribution is 0.164. The second-order valence-electron chi connectivity index (χ2n) is 3.52. The average Bonchev–Trinajstić information content (AvgIpc) is 2.24. The Morgan fingerprint density at radius 1 is 1.00 bits per heavy atom. The fourth-order valence-electron chi connectivity index (χ4n) is 1.09. The fraction of sp³-hybridized carbons (Fsp3) is 1.00. The quantitative estimate of drug-likeness (QED) is 0.577. The molecular formula is C10H24NO3P. The summed E-state index contributed by atoms with van der Waals surface area (Å²) in [6.07, 6.45) is 2.63. The van der Waals surface area contributed by atoms with Crippen LogP contribution in [0.3, 0.4) is 0 Å². The average molecular weight is 237 g/mol. The third kappa shape index (κ3) is 5.67. The molecule has 0 fully saturated rings. The maximum Gasteiger partial charge on any atom is 0.407 e. The Kier molecular flexibility index (Phi) is 8.34. The summed E-state index contributed by atoms with van der Waals surface area (Å²) in [5.41, 5.74) is 0. The van der Waals surface area contributed by atoms with Gasteiger partial charge < -0.3 is 0 Å². The number of hydrogen-bond acceptors (Lipinski definition) is 3. The molecule has 15 heavy (non-hydrogen) atoms. The lowest BCUT2D eigenvalue weighted by atomic mass is 10.5. The van der Waals surface area contributed by atoms with Crippen LogP contribution in [-0.4, -0.2) is 31.5 Å². The van der Waals surface area contributed by atoms with Crippen molar-refractivity contribution in [2.75, 3.05) is 26.8 Å². The summed E-state index contributed by atoms with van der Waals surface area (Å²) in [5, 5.41) is 0. The van der Waals surface area contributed by atoms with Gasteiger partial charge in [-0.25, -0.2) is 9.24 Å². The molecule has 0 aliphatic heterocycles. The van der Waals surface area contributed by atoms with E-state index < -0.39 is 7.75 Å². The van der Waals surface area contributed by atoms with Gasteiger partial charge in [0.1, 0.15) is 0 Å². The van der Waals surface area contributed by atoms with Gasteiger partial charge in [0.05, 0.1) is 13.2 Å². The minimum atomic E-state index is -3.03. The molecule has 5 heteroatoms. The molecule has 92 valence electrons. The highest BCUT2D eigenvalue weighted by molar-refractivity contribution is 7.51. The first kappa shape index (κ1) is 15.1. The zero-order valence-electron chi connectivity index (χ0n) is 10.4. The first-order valence-corrected chi connectivity index (χ1v) is 7.21. The van der Waals surface area contributed by atoms with Crippen LogP contribution in [0.1, 0.15) is 40.0 Å². The number of nitrogens with zero attached hydrogens (tertiary/aromatic N) is 1. The van der Waals surface area contributed by atoms with Crippen molar-refractivity contribution in [2.24, 2.45) is 0 Å². The van der Waals surface area contributed by atoms with Gasteiger partial charge in [0, 0.05) is 6.54 Å². The first-order valence-electron chi connectivity index (χ1n) is 5.71. The van der Waals surface area contributed by atoms with Gasteiger partial charge in [0.25, 0.3) is 0 Å². The Morgan fingerprint density at radius 2 is 1.47 bits per heavy atom. The Hall–Kier alpha value is 0.110. The molecule has 0 radical (unpaired) electrons. The monoisotopic (exact) mass is 237 g/mol. The van der Waals surface area contributed by atoms with Gasteiger partial charge >= 0.3 is 7.75 Å². The van der Waals surface area contributed by atoms with Crippen molar-refractivity contribution >= 4 is 7.75 Å². The minimum Gasteiger partial charge on any atom is -0.297 e. The van der Waals surface area contributed by atoms with Crippen LogP contribution in [0.25, 0.3) is 0 Å². The highest BCUT2D eigenvalue weighted by Crippen LogP contribution is 2.51. The maximum atomic E-state index is 12.3. The Morgan fingerprint density at radius 3 is 1.80 bits per heavy atom. The van der Waals surface area contributed by atoms with Crippen molar-refractivity contribution in [1.82, 2.24) is 4.67 Å². The Balaban J connectivity index is 4.31. The molecule has 0 aromatic heterocycles. The van der Waals surface area contributed by atoms with Crippen LogP contribution in [0.5, 0.6) is 0 Å². The molecule has 0 saturated carbocycles. The molecule has 0 amide bonds. The molecule has 0 saturated heterocycles. The first-order chi connectivity index (χ1) is 7.10. The summed E-state index contributed by atoms with van der Waals surface area (Å²) < 4.78 is 24.7. The molecule has 0 atom stereocenters. The summed E-state index contributed by atoms with van der Waals surface area (Å²) in [7, 11) is -1.24. The largest absolute Gasteiger partial charge is 0.407 e. The second-order valence-corrected chi connectivity index (χ2v) is 5.65. The van der Waals surface area contributed by atoms with Crippen LogP contribution in [0.15, 0.2) is 0 Å². The SMILES string of the molecule is CCCOP(=O)(OCCC)N(C)CCC. The van der Waals surface area contributed by atoms with Crippen molar-refractivity contribution in [3.63, 3.8) is 0 Å². The summed E-state index contributed by atoms with van der Waals surface area (Å²) in [5.74, 6) is 0. The van der Waals surface area contributed by atoms with E-state index in [9.17, 15) is 4.57 Å². The van der Waals surface area contributed by atoms with Gasteiger partial charge in [-0.2, -0.15) is 0 Å². The second kappa shape index (κ2) is 8.28. The highest BCUT2D eigenvalue weighted by Gasteiger charge is 2.29. The summed E-state index contributed by atoms with van der Waals surface area (Å²) in [6.45, 7) is 7.71. The van der Waals surface area contributed by atoms with Gasteiger partial charge in [-0.15, -0.1) is 0 Å². The van der Waals surface area contributed by atoms with Crippen molar-refractivity contribution in [1.29, 1.82) is 0 Å². The topological polar surface area (TPSA) is 38.8 Å². The van der Waals surface area contributed by atoms with Crippen LogP contribution in [0.4, 0.5) is 0 Å². The summed E-state index contributed by atoms with van der Waals surface area (Å²) >= 11 is 0. The van der Waals surface area contributed by atoms with E-state index in [0.717, 1.165) is 25.8 Å². The van der Waals surface area contributed by atoms with Gasteiger partial charge in [0.2, 0.25) is 0 Å². The molecule has 0 aromatic rings. The number of rotatable bonds is 9. The Bertz CT molecular complexity index is 187. The van der Waals surface area contributed by atoms with E-state index >= 15 is 0 Å². The molecule has 0 rings (SSSR count). The smallest absolute Gasteiger partial charge is 0.297 e. The van der Waals surface area contributed by atoms with Crippen LogP contribution in [0, 0.1) is 0 Å². The lowest BCUT2D eigenvalue weighted by Gasteiger charge is -2.26. The summed E-state index contributed by atoms with van der Waals surface area (Å²) in [4.78, 5) is 0. The molecule has 4 nitrogen and oxygen atoms in total. The molecule has 0 spiro atoms. The van der Waals surface area contributed by atoms with Crippen molar-refractivity contribution in [3.8, 4) is 0 Å². The predicted molar refractivity (Wildman–Crippen MR) is 63.0 cm³/mol. The van der Waals surface area contributed by atoms with Gasteiger partial charge in [0.15, 0.2) is 0 Å². The van der Waals surface area contributed by atoms with Crippen molar-refractivity contribution < 1.29 is 13.6 Å². The third-order valence-corrected chi connectivity index (χ3v) is 3.94. The van der Waals surface area contributed by atoms with Gasteiger partial charge in [-0.05, 0) is 26.3 Å². The van der Waals surface area contributed by atoms with E-state index in [4.69, 9.17) is 9.05 Å². The molecule has 0 heterocycles. The minimum absolute atomic E-state index is 0.481. The lowest BCUT2D eigenvalue weighted by Crippen LogP contribution is -2.20.